The molecular weight excluding hydrogens is 242 g/mol. The number of anilines is 1. The number of nitrogens with one attached hydrogen (secondary N) is 1. The van der Waals surface area contributed by atoms with E-state index in [-0.39, 0.29) is 11.8 Å². The highest BCUT2D eigenvalue weighted by molar-refractivity contribution is 7.09. The van der Waals surface area contributed by atoms with Gasteiger partial charge in [0.15, 0.2) is 0 Å². The molecule has 18 heavy (non-hydrogen) atoms. The van der Waals surface area contributed by atoms with Crippen molar-refractivity contribution in [2.75, 3.05) is 5.32 Å². The van der Waals surface area contributed by atoms with Gasteiger partial charge >= 0.3 is 0 Å². The summed E-state index contributed by atoms with van der Waals surface area (Å²) in [4.78, 5) is 13.4. The number of fused-ring (bicyclic) bond motifs is 1. The average Bonchev–Trinajstić information content (AvgIpc) is 2.91. The van der Waals surface area contributed by atoms with Gasteiger partial charge in [-0.05, 0) is 42.8 Å². The van der Waals surface area contributed by atoms with Gasteiger partial charge in [-0.1, -0.05) is 23.8 Å². The quantitative estimate of drug-likeness (QED) is 0.874. The lowest BCUT2D eigenvalue weighted by Crippen LogP contribution is -2.13. The number of carbonyl (C=O) groups is 1. The van der Waals surface area contributed by atoms with Gasteiger partial charge in [0.05, 0.1) is 5.92 Å². The molecule has 1 aromatic heterocycles. The van der Waals surface area contributed by atoms with Crippen LogP contribution in [0.5, 0.6) is 0 Å². The van der Waals surface area contributed by atoms with Gasteiger partial charge < -0.3 is 5.32 Å². The Hall–Kier alpha value is -1.61. The minimum atomic E-state index is -0.0303. The van der Waals surface area contributed by atoms with Crippen LogP contribution < -0.4 is 5.32 Å². The first kappa shape index (κ1) is 11.5. The third-order valence-corrected chi connectivity index (χ3v) is 4.33. The van der Waals surface area contributed by atoms with Gasteiger partial charge in [0.1, 0.15) is 0 Å². The molecule has 1 aliphatic heterocycles. The molecule has 0 saturated carbocycles. The van der Waals surface area contributed by atoms with Gasteiger partial charge in [0.25, 0.3) is 0 Å². The van der Waals surface area contributed by atoms with Crippen LogP contribution in [0.3, 0.4) is 0 Å². The number of hydrogen-bond donors (Lipinski definition) is 1. The number of thiophene rings is 1. The van der Waals surface area contributed by atoms with Gasteiger partial charge in [-0.3, -0.25) is 4.79 Å². The Morgan fingerprint density at radius 1 is 1.33 bits per heavy atom. The molecule has 0 bridgehead atoms. The highest BCUT2D eigenvalue weighted by atomic mass is 32.1. The summed E-state index contributed by atoms with van der Waals surface area (Å²) in [6.45, 7) is 4.14. The van der Waals surface area contributed by atoms with E-state index in [1.807, 2.05) is 6.07 Å². The first-order valence-electron chi connectivity index (χ1n) is 6.09. The van der Waals surface area contributed by atoms with Crippen molar-refractivity contribution in [2.24, 2.45) is 0 Å². The van der Waals surface area contributed by atoms with Crippen LogP contribution in [0.25, 0.3) is 0 Å². The number of amides is 1. The average molecular weight is 257 g/mol. The maximum absolute atomic E-state index is 12.1. The Morgan fingerprint density at radius 3 is 2.89 bits per heavy atom. The Morgan fingerprint density at radius 2 is 2.17 bits per heavy atom. The Balaban J connectivity index is 2.01. The molecule has 2 heterocycles. The fourth-order valence-corrected chi connectivity index (χ4v) is 3.38. The first-order valence-corrected chi connectivity index (χ1v) is 6.97. The molecule has 92 valence electrons. The fourth-order valence-electron chi connectivity index (χ4n) is 2.63. The largest absolute Gasteiger partial charge is 0.325 e. The smallest absolute Gasteiger partial charge is 0.232 e. The van der Waals surface area contributed by atoms with Crippen LogP contribution in [0.2, 0.25) is 0 Å². The fraction of sp³-hybridized carbons (Fsp3) is 0.267. The summed E-state index contributed by atoms with van der Waals surface area (Å²) < 4.78 is 0. The number of benzene rings is 1. The number of hydrogen-bond acceptors (Lipinski definition) is 2. The minimum absolute atomic E-state index is 0.0303. The molecule has 1 unspecified atom stereocenters. The lowest BCUT2D eigenvalue weighted by molar-refractivity contribution is -0.117. The highest BCUT2D eigenvalue weighted by Crippen LogP contribution is 2.38. The normalized spacial score (nSPS) is 17.7. The zero-order valence-electron chi connectivity index (χ0n) is 10.5. The molecule has 1 N–H and O–H groups in total. The van der Waals surface area contributed by atoms with E-state index in [0.29, 0.717) is 0 Å². The van der Waals surface area contributed by atoms with Crippen LogP contribution in [0.4, 0.5) is 5.69 Å². The molecule has 2 aromatic rings. The second-order valence-corrected chi connectivity index (χ2v) is 5.90. The summed E-state index contributed by atoms with van der Waals surface area (Å²) in [6, 6.07) is 8.39. The molecule has 1 aromatic carbocycles. The number of aryl methyl sites for hydroxylation is 2. The minimum Gasteiger partial charge on any atom is -0.325 e. The molecule has 0 fully saturated rings. The zero-order valence-corrected chi connectivity index (χ0v) is 11.3. The Kier molecular flexibility index (Phi) is 2.71. The van der Waals surface area contributed by atoms with Gasteiger partial charge in [-0.25, -0.2) is 0 Å². The molecule has 0 saturated heterocycles. The van der Waals surface area contributed by atoms with Crippen molar-refractivity contribution in [1.82, 2.24) is 0 Å². The van der Waals surface area contributed by atoms with E-state index in [2.05, 4.69) is 42.7 Å². The van der Waals surface area contributed by atoms with Crippen LogP contribution >= 0.6 is 11.3 Å². The van der Waals surface area contributed by atoms with E-state index >= 15 is 0 Å². The monoisotopic (exact) mass is 257 g/mol. The van der Waals surface area contributed by atoms with Crippen LogP contribution in [0.1, 0.15) is 27.5 Å². The van der Waals surface area contributed by atoms with Crippen LogP contribution in [0.15, 0.2) is 29.6 Å². The maximum atomic E-state index is 12.1. The van der Waals surface area contributed by atoms with E-state index in [9.17, 15) is 4.79 Å². The van der Waals surface area contributed by atoms with Crippen molar-refractivity contribution < 1.29 is 4.79 Å². The molecular formula is C15H15NOS. The molecule has 1 atom stereocenters. The van der Waals surface area contributed by atoms with Crippen LogP contribution in [-0.2, 0) is 11.2 Å². The summed E-state index contributed by atoms with van der Waals surface area (Å²) in [7, 11) is 0. The molecule has 3 rings (SSSR count). The SMILES string of the molecule is Cc1cc(C)c2c(c1)C(Cc1cccs1)C(=O)N2. The zero-order chi connectivity index (χ0) is 12.7. The molecule has 3 heteroatoms. The van der Waals surface area contributed by atoms with Crippen molar-refractivity contribution in [3.05, 3.63) is 51.2 Å². The summed E-state index contributed by atoms with van der Waals surface area (Å²) in [6.07, 6.45) is 0.805. The molecule has 0 spiro atoms. The van der Waals surface area contributed by atoms with Crippen molar-refractivity contribution in [1.29, 1.82) is 0 Å². The van der Waals surface area contributed by atoms with Crippen molar-refractivity contribution in [2.45, 2.75) is 26.2 Å². The summed E-state index contributed by atoms with van der Waals surface area (Å²) in [5.41, 5.74) is 4.56. The van der Waals surface area contributed by atoms with Gasteiger partial charge in [-0.15, -0.1) is 11.3 Å². The third-order valence-electron chi connectivity index (χ3n) is 3.44. The van der Waals surface area contributed by atoms with E-state index in [4.69, 9.17) is 0 Å². The van der Waals surface area contributed by atoms with E-state index in [0.717, 1.165) is 23.2 Å². The molecule has 0 radical (unpaired) electrons. The lowest BCUT2D eigenvalue weighted by Gasteiger charge is -2.09. The number of rotatable bonds is 2. The lowest BCUT2D eigenvalue weighted by atomic mass is 9.93. The van der Waals surface area contributed by atoms with E-state index in [1.165, 1.54) is 10.4 Å². The van der Waals surface area contributed by atoms with E-state index in [1.54, 1.807) is 11.3 Å². The van der Waals surface area contributed by atoms with Crippen molar-refractivity contribution >= 4 is 22.9 Å². The Bertz CT molecular complexity index is 601. The summed E-state index contributed by atoms with van der Waals surface area (Å²) >= 11 is 1.71. The van der Waals surface area contributed by atoms with Crippen LogP contribution in [-0.4, -0.2) is 5.91 Å². The molecule has 0 aliphatic carbocycles. The third kappa shape index (κ3) is 1.85. The van der Waals surface area contributed by atoms with Crippen molar-refractivity contribution in [3.8, 4) is 0 Å². The first-order chi connectivity index (χ1) is 8.65. The summed E-state index contributed by atoms with van der Waals surface area (Å²) in [5.74, 6) is 0.101. The predicted molar refractivity (Wildman–Crippen MR) is 75.3 cm³/mol. The van der Waals surface area contributed by atoms with Crippen molar-refractivity contribution in [3.63, 3.8) is 0 Å². The second kappa shape index (κ2) is 4.25. The molecule has 1 aliphatic rings. The highest BCUT2D eigenvalue weighted by Gasteiger charge is 2.31. The predicted octanol–water partition coefficient (Wildman–Crippen LogP) is 3.64. The summed E-state index contributed by atoms with van der Waals surface area (Å²) in [5, 5.41) is 5.08. The van der Waals surface area contributed by atoms with Gasteiger partial charge in [0.2, 0.25) is 5.91 Å². The topological polar surface area (TPSA) is 29.1 Å². The maximum Gasteiger partial charge on any atom is 0.232 e. The standard InChI is InChI=1S/C15H15NOS/c1-9-6-10(2)14-12(7-9)13(15(17)16-14)8-11-4-3-5-18-11/h3-7,13H,8H2,1-2H3,(H,16,17). The molecule has 1 amide bonds. The second-order valence-electron chi connectivity index (χ2n) is 4.87. The Labute approximate surface area is 111 Å². The van der Waals surface area contributed by atoms with Gasteiger partial charge in [-0.2, -0.15) is 0 Å². The van der Waals surface area contributed by atoms with E-state index < -0.39 is 0 Å². The van der Waals surface area contributed by atoms with Crippen LogP contribution in [0, 0.1) is 13.8 Å². The molecule has 2 nitrogen and oxygen atoms in total. The number of carbonyl (C=O) groups excluding carboxylic acids is 1. The van der Waals surface area contributed by atoms with Gasteiger partial charge in [0, 0.05) is 10.6 Å².